The smallest absolute Gasteiger partial charge is 0.355 e. The number of rotatable bonds is 4. The molecule has 1 aromatic rings. The van der Waals surface area contributed by atoms with Gasteiger partial charge in [-0.25, -0.2) is 4.79 Å². The first kappa shape index (κ1) is 13.9. The summed E-state index contributed by atoms with van der Waals surface area (Å²) in [6.45, 7) is 1.56. The number of carbonyl (C=O) groups excluding carboxylic acids is 2. The Morgan fingerprint density at radius 2 is 2.16 bits per heavy atom. The zero-order valence-corrected chi connectivity index (χ0v) is 11.5. The summed E-state index contributed by atoms with van der Waals surface area (Å²) >= 11 is 5.70. The lowest BCUT2D eigenvalue weighted by Crippen LogP contribution is -2.40. The quantitative estimate of drug-likeness (QED) is 0.833. The molecule has 2 N–H and O–H groups in total. The van der Waals surface area contributed by atoms with Crippen LogP contribution in [0.5, 0.6) is 0 Å². The van der Waals surface area contributed by atoms with Crippen molar-refractivity contribution < 1.29 is 14.3 Å². The molecule has 1 atom stereocenters. The van der Waals surface area contributed by atoms with Gasteiger partial charge < -0.3 is 15.0 Å². The van der Waals surface area contributed by atoms with E-state index in [9.17, 15) is 9.59 Å². The lowest BCUT2D eigenvalue weighted by molar-refractivity contribution is -0.129. The van der Waals surface area contributed by atoms with Crippen molar-refractivity contribution in [3.8, 4) is 0 Å². The van der Waals surface area contributed by atoms with Crippen molar-refractivity contribution in [1.29, 1.82) is 0 Å². The van der Waals surface area contributed by atoms with Gasteiger partial charge in [0.1, 0.15) is 5.69 Å². The first-order valence-corrected chi connectivity index (χ1v) is 6.79. The largest absolute Gasteiger partial charge is 0.448 e. The lowest BCUT2D eigenvalue weighted by atomic mass is 10.2. The van der Waals surface area contributed by atoms with Crippen molar-refractivity contribution >= 4 is 23.5 Å². The van der Waals surface area contributed by atoms with Crippen molar-refractivity contribution in [2.75, 3.05) is 0 Å². The van der Waals surface area contributed by atoms with Gasteiger partial charge in [0, 0.05) is 12.2 Å². The molecule has 0 bridgehead atoms. The molecule has 1 saturated carbocycles. The van der Waals surface area contributed by atoms with Crippen molar-refractivity contribution in [2.24, 2.45) is 0 Å². The van der Waals surface area contributed by atoms with Crippen LogP contribution in [0.2, 0.25) is 5.02 Å². The molecular weight excluding hydrogens is 268 g/mol. The van der Waals surface area contributed by atoms with E-state index in [1.807, 2.05) is 0 Å². The zero-order chi connectivity index (χ0) is 13.8. The minimum atomic E-state index is -0.810. The third-order valence-electron chi connectivity index (χ3n) is 3.22. The lowest BCUT2D eigenvalue weighted by Gasteiger charge is -2.16. The second-order valence-corrected chi connectivity index (χ2v) is 5.21. The number of ether oxygens (including phenoxy) is 1. The number of carbonyl (C=O) groups is 2. The highest BCUT2D eigenvalue weighted by Gasteiger charge is 2.23. The van der Waals surface area contributed by atoms with E-state index in [2.05, 4.69) is 10.3 Å². The summed E-state index contributed by atoms with van der Waals surface area (Å²) in [4.78, 5) is 26.2. The van der Waals surface area contributed by atoms with E-state index >= 15 is 0 Å². The van der Waals surface area contributed by atoms with Crippen LogP contribution in [0, 0.1) is 0 Å². The van der Waals surface area contributed by atoms with E-state index in [1.54, 1.807) is 6.92 Å². The van der Waals surface area contributed by atoms with Gasteiger partial charge in [-0.3, -0.25) is 4.79 Å². The molecule has 0 aliphatic heterocycles. The Labute approximate surface area is 116 Å². The molecule has 1 fully saturated rings. The predicted octanol–water partition coefficient (Wildman–Crippen LogP) is 2.27. The van der Waals surface area contributed by atoms with Gasteiger partial charge in [-0.05, 0) is 25.8 Å². The van der Waals surface area contributed by atoms with Crippen LogP contribution < -0.4 is 5.32 Å². The third kappa shape index (κ3) is 3.73. The van der Waals surface area contributed by atoms with Crippen LogP contribution in [-0.2, 0) is 9.53 Å². The molecule has 0 saturated heterocycles. The molecule has 2 rings (SSSR count). The van der Waals surface area contributed by atoms with E-state index in [0.29, 0.717) is 5.02 Å². The monoisotopic (exact) mass is 284 g/mol. The molecule has 19 heavy (non-hydrogen) atoms. The van der Waals surface area contributed by atoms with Gasteiger partial charge in [0.2, 0.25) is 0 Å². The summed E-state index contributed by atoms with van der Waals surface area (Å²) in [6, 6.07) is 1.68. The summed E-state index contributed by atoms with van der Waals surface area (Å²) in [7, 11) is 0. The van der Waals surface area contributed by atoms with Gasteiger partial charge in [0.05, 0.1) is 5.02 Å². The van der Waals surface area contributed by atoms with Gasteiger partial charge in [-0.2, -0.15) is 0 Å². The molecule has 0 spiro atoms. The van der Waals surface area contributed by atoms with Crippen LogP contribution in [0.15, 0.2) is 12.3 Å². The van der Waals surface area contributed by atoms with Crippen molar-refractivity contribution in [3.05, 3.63) is 23.0 Å². The number of H-pyrrole nitrogens is 1. The van der Waals surface area contributed by atoms with Crippen LogP contribution in [0.4, 0.5) is 0 Å². The van der Waals surface area contributed by atoms with Crippen molar-refractivity contribution in [2.45, 2.75) is 44.8 Å². The Morgan fingerprint density at radius 1 is 1.47 bits per heavy atom. The van der Waals surface area contributed by atoms with Gasteiger partial charge in [-0.1, -0.05) is 24.4 Å². The van der Waals surface area contributed by atoms with E-state index in [4.69, 9.17) is 16.3 Å². The Hall–Kier alpha value is -1.49. The summed E-state index contributed by atoms with van der Waals surface area (Å²) in [6.07, 6.45) is 4.95. The average Bonchev–Trinajstić information content (AvgIpc) is 3.00. The maximum atomic E-state index is 11.8. The zero-order valence-electron chi connectivity index (χ0n) is 10.7. The number of aromatic amines is 1. The molecule has 104 valence electrons. The summed E-state index contributed by atoms with van der Waals surface area (Å²) in [5.74, 6) is -0.834. The van der Waals surface area contributed by atoms with Crippen molar-refractivity contribution in [1.82, 2.24) is 10.3 Å². The van der Waals surface area contributed by atoms with Crippen LogP contribution in [0.25, 0.3) is 0 Å². The predicted molar refractivity (Wildman–Crippen MR) is 71.1 cm³/mol. The number of amides is 1. The SMILES string of the molecule is CC(OC(=O)c1cc(Cl)c[nH]1)C(=O)NC1CCCC1. The molecule has 1 aromatic heterocycles. The van der Waals surface area contributed by atoms with Crippen LogP contribution in [-0.4, -0.2) is 29.0 Å². The summed E-state index contributed by atoms with van der Waals surface area (Å²) in [5, 5.41) is 3.31. The fourth-order valence-electron chi connectivity index (χ4n) is 2.15. The summed E-state index contributed by atoms with van der Waals surface area (Å²) in [5.41, 5.74) is 0.241. The molecule has 1 aliphatic rings. The first-order valence-electron chi connectivity index (χ1n) is 6.41. The molecule has 1 unspecified atom stereocenters. The number of hydrogen-bond acceptors (Lipinski definition) is 3. The molecule has 0 radical (unpaired) electrons. The minimum absolute atomic E-state index is 0.216. The Morgan fingerprint density at radius 3 is 2.74 bits per heavy atom. The number of halogens is 1. The highest BCUT2D eigenvalue weighted by Crippen LogP contribution is 2.18. The van der Waals surface area contributed by atoms with Crippen molar-refractivity contribution in [3.63, 3.8) is 0 Å². The Kier molecular flexibility index (Phi) is 4.47. The molecule has 1 heterocycles. The number of hydrogen-bond donors (Lipinski definition) is 2. The minimum Gasteiger partial charge on any atom is -0.448 e. The van der Waals surface area contributed by atoms with E-state index in [-0.39, 0.29) is 17.6 Å². The third-order valence-corrected chi connectivity index (χ3v) is 3.44. The van der Waals surface area contributed by atoms with Crippen LogP contribution >= 0.6 is 11.6 Å². The molecule has 1 amide bonds. The highest BCUT2D eigenvalue weighted by molar-refractivity contribution is 6.30. The van der Waals surface area contributed by atoms with E-state index in [1.165, 1.54) is 12.3 Å². The second kappa shape index (κ2) is 6.10. The van der Waals surface area contributed by atoms with Gasteiger partial charge in [0.25, 0.3) is 5.91 Å². The molecular formula is C13H17ClN2O3. The first-order chi connectivity index (χ1) is 9.06. The Balaban J connectivity index is 1.84. The average molecular weight is 285 g/mol. The fraction of sp³-hybridized carbons (Fsp3) is 0.538. The van der Waals surface area contributed by atoms with Crippen LogP contribution in [0.1, 0.15) is 43.1 Å². The van der Waals surface area contributed by atoms with Gasteiger partial charge in [-0.15, -0.1) is 0 Å². The van der Waals surface area contributed by atoms with Gasteiger partial charge >= 0.3 is 5.97 Å². The van der Waals surface area contributed by atoms with Gasteiger partial charge in [0.15, 0.2) is 6.10 Å². The molecule has 1 aliphatic carbocycles. The Bertz CT molecular complexity index is 466. The fourth-order valence-corrected chi connectivity index (χ4v) is 2.32. The van der Waals surface area contributed by atoms with E-state index in [0.717, 1.165) is 25.7 Å². The highest BCUT2D eigenvalue weighted by atomic mass is 35.5. The second-order valence-electron chi connectivity index (χ2n) is 4.77. The molecule has 0 aromatic carbocycles. The maximum Gasteiger partial charge on any atom is 0.355 e. The maximum absolute atomic E-state index is 11.8. The van der Waals surface area contributed by atoms with Crippen LogP contribution in [0.3, 0.4) is 0 Å². The summed E-state index contributed by atoms with van der Waals surface area (Å²) < 4.78 is 5.08. The number of esters is 1. The topological polar surface area (TPSA) is 71.2 Å². The normalized spacial score (nSPS) is 17.2. The number of nitrogens with one attached hydrogen (secondary N) is 2. The van der Waals surface area contributed by atoms with E-state index < -0.39 is 12.1 Å². The number of aromatic nitrogens is 1. The standard InChI is InChI=1S/C13H17ClN2O3/c1-8(12(17)16-10-4-2-3-5-10)19-13(18)11-6-9(14)7-15-11/h6-8,10,15H,2-5H2,1H3,(H,16,17). The molecule has 6 heteroatoms. The molecule has 5 nitrogen and oxygen atoms in total.